The van der Waals surface area contributed by atoms with Crippen LogP contribution in [0.25, 0.3) is 10.6 Å². The largest absolute Gasteiger partial charge is 0.494 e. The first-order valence-electron chi connectivity index (χ1n) is 9.55. The Morgan fingerprint density at radius 3 is 2.86 bits per heavy atom. The first-order chi connectivity index (χ1) is 13.7. The Kier molecular flexibility index (Phi) is 5.73. The molecule has 3 aromatic rings. The van der Waals surface area contributed by atoms with Gasteiger partial charge in [-0.3, -0.25) is 4.79 Å². The summed E-state index contributed by atoms with van der Waals surface area (Å²) in [6.45, 7) is 6.07. The molecule has 1 fully saturated rings. The zero-order chi connectivity index (χ0) is 19.5. The second-order valence-corrected chi connectivity index (χ2v) is 8.78. The minimum Gasteiger partial charge on any atom is -0.494 e. The Balaban J connectivity index is 1.52. The van der Waals surface area contributed by atoms with E-state index in [1.54, 1.807) is 11.3 Å². The lowest BCUT2D eigenvalue weighted by Gasteiger charge is -2.31. The Morgan fingerprint density at radius 1 is 1.32 bits per heavy atom. The number of nitrogens with zero attached hydrogens (tertiary/aromatic N) is 3. The second-order valence-electron chi connectivity index (χ2n) is 6.85. The van der Waals surface area contributed by atoms with Crippen LogP contribution in [-0.4, -0.2) is 40.5 Å². The molecule has 0 N–H and O–H groups in total. The van der Waals surface area contributed by atoms with Crippen molar-refractivity contribution in [2.45, 2.75) is 32.6 Å². The van der Waals surface area contributed by atoms with E-state index in [-0.39, 0.29) is 5.91 Å². The van der Waals surface area contributed by atoms with Gasteiger partial charge in [0.2, 0.25) is 0 Å². The minimum atomic E-state index is 0.0912. The van der Waals surface area contributed by atoms with Crippen molar-refractivity contribution in [1.29, 1.82) is 0 Å². The Bertz CT molecular complexity index is 935. The molecule has 5 nitrogen and oxygen atoms in total. The summed E-state index contributed by atoms with van der Waals surface area (Å²) in [5, 5.41) is 4.01. The van der Waals surface area contributed by atoms with Crippen molar-refractivity contribution in [3.8, 4) is 16.3 Å². The van der Waals surface area contributed by atoms with Gasteiger partial charge in [-0.2, -0.15) is 0 Å². The molecule has 1 aromatic carbocycles. The molecule has 0 bridgehead atoms. The zero-order valence-corrected chi connectivity index (χ0v) is 17.7. The summed E-state index contributed by atoms with van der Waals surface area (Å²) < 4.78 is 5.50. The Hall–Kier alpha value is -2.25. The topological polar surface area (TPSA) is 55.3 Å². The monoisotopic (exact) mass is 413 g/mol. The van der Waals surface area contributed by atoms with Crippen LogP contribution in [0.2, 0.25) is 0 Å². The van der Waals surface area contributed by atoms with Gasteiger partial charge in [0.05, 0.1) is 17.3 Å². The first kappa shape index (κ1) is 19.1. The van der Waals surface area contributed by atoms with Crippen molar-refractivity contribution in [1.82, 2.24) is 14.9 Å². The van der Waals surface area contributed by atoms with Crippen LogP contribution in [0.4, 0.5) is 0 Å². The molecule has 1 amide bonds. The third-order valence-electron chi connectivity index (χ3n) is 4.91. The van der Waals surface area contributed by atoms with E-state index < -0.39 is 0 Å². The molecule has 1 aliphatic heterocycles. The zero-order valence-electron chi connectivity index (χ0n) is 16.1. The van der Waals surface area contributed by atoms with E-state index in [9.17, 15) is 4.79 Å². The highest BCUT2D eigenvalue weighted by Crippen LogP contribution is 2.33. The van der Waals surface area contributed by atoms with Crippen LogP contribution in [0.5, 0.6) is 5.75 Å². The number of carbonyl (C=O) groups excluding carboxylic acids is 1. The highest BCUT2D eigenvalue weighted by Gasteiger charge is 2.29. The first-order valence-corrected chi connectivity index (χ1v) is 11.2. The van der Waals surface area contributed by atoms with Crippen molar-refractivity contribution >= 4 is 28.6 Å². The van der Waals surface area contributed by atoms with Gasteiger partial charge in [0, 0.05) is 36.1 Å². The minimum absolute atomic E-state index is 0.0912. The molecule has 7 heteroatoms. The lowest BCUT2D eigenvalue weighted by Crippen LogP contribution is -2.39. The average molecular weight is 414 g/mol. The van der Waals surface area contributed by atoms with Gasteiger partial charge in [-0.05, 0) is 51.0 Å². The Labute approximate surface area is 173 Å². The quantitative estimate of drug-likeness (QED) is 0.591. The lowest BCUT2D eigenvalue weighted by atomic mass is 9.98. The number of benzene rings is 1. The SMILES string of the molecule is CCOc1ccc(-c2nc(C)c(C(=O)N3CCCC(c4nccs4)C3)s2)cc1. The number of aryl methyl sites for hydroxylation is 1. The molecule has 0 saturated carbocycles. The number of ether oxygens (including phenoxy) is 1. The summed E-state index contributed by atoms with van der Waals surface area (Å²) in [5.74, 6) is 1.28. The summed E-state index contributed by atoms with van der Waals surface area (Å²) in [6, 6.07) is 7.88. The molecule has 146 valence electrons. The second kappa shape index (κ2) is 8.41. The smallest absolute Gasteiger partial charge is 0.265 e. The molecule has 28 heavy (non-hydrogen) atoms. The summed E-state index contributed by atoms with van der Waals surface area (Å²) in [6.07, 6.45) is 3.95. The molecule has 1 aliphatic rings. The van der Waals surface area contributed by atoms with Crippen molar-refractivity contribution in [2.75, 3.05) is 19.7 Å². The van der Waals surface area contributed by atoms with Crippen LogP contribution in [0.1, 0.15) is 46.1 Å². The Morgan fingerprint density at radius 2 is 2.14 bits per heavy atom. The maximum Gasteiger partial charge on any atom is 0.265 e. The van der Waals surface area contributed by atoms with E-state index in [4.69, 9.17) is 4.74 Å². The molecule has 1 saturated heterocycles. The van der Waals surface area contributed by atoms with E-state index in [1.165, 1.54) is 11.3 Å². The molecule has 1 unspecified atom stereocenters. The number of thiazole rings is 2. The van der Waals surface area contributed by atoms with E-state index in [0.717, 1.165) is 57.8 Å². The number of hydrogen-bond donors (Lipinski definition) is 0. The van der Waals surface area contributed by atoms with Crippen LogP contribution in [0.15, 0.2) is 35.8 Å². The third kappa shape index (κ3) is 3.95. The summed E-state index contributed by atoms with van der Waals surface area (Å²) in [7, 11) is 0. The number of amides is 1. The number of rotatable bonds is 5. The summed E-state index contributed by atoms with van der Waals surface area (Å²) in [5.41, 5.74) is 1.81. The van der Waals surface area contributed by atoms with Crippen molar-refractivity contribution in [3.05, 3.63) is 51.4 Å². The predicted molar refractivity (Wildman–Crippen MR) is 113 cm³/mol. The van der Waals surface area contributed by atoms with E-state index in [0.29, 0.717) is 12.5 Å². The molecule has 3 heterocycles. The fourth-order valence-corrected chi connectivity index (χ4v) is 5.33. The third-order valence-corrected chi connectivity index (χ3v) is 7.04. The molecule has 0 aliphatic carbocycles. The molecule has 0 spiro atoms. The van der Waals surface area contributed by atoms with Crippen molar-refractivity contribution < 1.29 is 9.53 Å². The van der Waals surface area contributed by atoms with E-state index >= 15 is 0 Å². The predicted octanol–water partition coefficient (Wildman–Crippen LogP) is 4.99. The van der Waals surface area contributed by atoms with Gasteiger partial charge < -0.3 is 9.64 Å². The highest BCUT2D eigenvalue weighted by molar-refractivity contribution is 7.17. The van der Waals surface area contributed by atoms with Crippen LogP contribution in [0.3, 0.4) is 0 Å². The van der Waals surface area contributed by atoms with Crippen LogP contribution in [-0.2, 0) is 0 Å². The number of likely N-dealkylation sites (tertiary alicyclic amines) is 1. The van der Waals surface area contributed by atoms with Crippen LogP contribution in [0, 0.1) is 6.92 Å². The molecule has 0 radical (unpaired) electrons. The van der Waals surface area contributed by atoms with Crippen molar-refractivity contribution in [2.24, 2.45) is 0 Å². The summed E-state index contributed by atoms with van der Waals surface area (Å²) in [4.78, 5) is 25.0. The molecule has 2 aromatic heterocycles. The maximum absolute atomic E-state index is 13.2. The van der Waals surface area contributed by atoms with Gasteiger partial charge in [-0.1, -0.05) is 0 Å². The molecule has 1 atom stereocenters. The normalized spacial score (nSPS) is 16.9. The van der Waals surface area contributed by atoms with E-state index in [1.807, 2.05) is 54.6 Å². The van der Waals surface area contributed by atoms with E-state index in [2.05, 4.69) is 9.97 Å². The van der Waals surface area contributed by atoms with Gasteiger partial charge in [-0.15, -0.1) is 22.7 Å². The number of aromatic nitrogens is 2. The maximum atomic E-state index is 13.2. The number of carbonyl (C=O) groups is 1. The standard InChI is InChI=1S/C21H23N3O2S2/c1-3-26-17-8-6-15(7-9-17)20-23-14(2)18(28-20)21(25)24-11-4-5-16(13-24)19-22-10-12-27-19/h6-10,12,16H,3-5,11,13H2,1-2H3. The fraction of sp³-hybridized carbons (Fsp3) is 0.381. The van der Waals surface area contributed by atoms with Gasteiger partial charge in [0.25, 0.3) is 5.91 Å². The lowest BCUT2D eigenvalue weighted by molar-refractivity contribution is 0.0711. The highest BCUT2D eigenvalue weighted by atomic mass is 32.1. The van der Waals surface area contributed by atoms with Gasteiger partial charge in [-0.25, -0.2) is 9.97 Å². The van der Waals surface area contributed by atoms with Gasteiger partial charge in [0.1, 0.15) is 15.6 Å². The number of piperidine rings is 1. The molecular weight excluding hydrogens is 390 g/mol. The fourth-order valence-electron chi connectivity index (χ4n) is 3.52. The van der Waals surface area contributed by atoms with Gasteiger partial charge >= 0.3 is 0 Å². The van der Waals surface area contributed by atoms with Crippen molar-refractivity contribution in [3.63, 3.8) is 0 Å². The van der Waals surface area contributed by atoms with Gasteiger partial charge in [0.15, 0.2) is 0 Å². The molecule has 4 rings (SSSR count). The number of hydrogen-bond acceptors (Lipinski definition) is 6. The molecular formula is C21H23N3O2S2. The average Bonchev–Trinajstić information content (AvgIpc) is 3.38. The summed E-state index contributed by atoms with van der Waals surface area (Å²) >= 11 is 3.16. The van der Waals surface area contributed by atoms with Crippen LogP contribution >= 0.6 is 22.7 Å². The van der Waals surface area contributed by atoms with Crippen LogP contribution < -0.4 is 4.74 Å².